The molecule has 4 nitrogen and oxygen atoms in total. The highest BCUT2D eigenvalue weighted by Gasteiger charge is 2.02. The molecule has 2 N–H and O–H groups in total. The van der Waals surface area contributed by atoms with Crippen LogP contribution in [0.15, 0.2) is 34.9 Å². The van der Waals surface area contributed by atoms with Gasteiger partial charge in [-0.1, -0.05) is 6.07 Å². The van der Waals surface area contributed by atoms with E-state index < -0.39 is 0 Å². The number of pyridine rings is 1. The maximum Gasteiger partial charge on any atom is 0.126 e. The first kappa shape index (κ1) is 13.1. The fourth-order valence-electron chi connectivity index (χ4n) is 2.12. The molecule has 0 fully saturated rings. The summed E-state index contributed by atoms with van der Waals surface area (Å²) in [5.41, 5.74) is 4.44. The van der Waals surface area contributed by atoms with Crippen molar-refractivity contribution in [3.63, 3.8) is 0 Å². The minimum atomic E-state index is 0.738. The Kier molecular flexibility index (Phi) is 3.44. The first-order chi connectivity index (χ1) is 9.61. The van der Waals surface area contributed by atoms with E-state index in [9.17, 15) is 0 Å². The van der Waals surface area contributed by atoms with Crippen LogP contribution in [0.2, 0.25) is 0 Å². The largest absolute Gasteiger partial charge is 0.366 e. The van der Waals surface area contributed by atoms with Crippen molar-refractivity contribution in [2.45, 2.75) is 20.4 Å². The third-order valence-corrected chi connectivity index (χ3v) is 4.02. The number of halogens is 1. The van der Waals surface area contributed by atoms with Crippen LogP contribution in [0, 0.1) is 13.8 Å². The van der Waals surface area contributed by atoms with Gasteiger partial charge in [-0.2, -0.15) is 0 Å². The van der Waals surface area contributed by atoms with Crippen molar-refractivity contribution in [2.75, 3.05) is 5.32 Å². The molecule has 2 aromatic heterocycles. The Balaban J connectivity index is 1.77. The molecular weight excluding hydrogens is 316 g/mol. The lowest BCUT2D eigenvalue weighted by Crippen LogP contribution is -2.01. The number of nitrogens with zero attached hydrogens (tertiary/aromatic N) is 2. The van der Waals surface area contributed by atoms with Crippen molar-refractivity contribution in [3.05, 3.63) is 51.9 Å². The van der Waals surface area contributed by atoms with E-state index in [1.807, 2.05) is 25.3 Å². The van der Waals surface area contributed by atoms with Gasteiger partial charge in [-0.15, -0.1) is 0 Å². The van der Waals surface area contributed by atoms with Gasteiger partial charge >= 0.3 is 0 Å². The summed E-state index contributed by atoms with van der Waals surface area (Å²) in [6, 6.07) is 8.27. The van der Waals surface area contributed by atoms with Crippen molar-refractivity contribution in [2.24, 2.45) is 0 Å². The summed E-state index contributed by atoms with van der Waals surface area (Å²) in [5.74, 6) is 1.82. The molecule has 3 rings (SSSR count). The van der Waals surface area contributed by atoms with E-state index in [4.69, 9.17) is 0 Å². The Morgan fingerprint density at radius 3 is 2.90 bits per heavy atom. The van der Waals surface area contributed by atoms with Crippen LogP contribution in [0.3, 0.4) is 0 Å². The zero-order chi connectivity index (χ0) is 14.1. The SMILES string of the molecule is Cc1nc2ccc(CNc3cc(C)c(Br)cn3)cc2[nH]1. The molecule has 0 atom stereocenters. The monoisotopic (exact) mass is 330 g/mol. The molecular formula is C15H15BrN4. The van der Waals surface area contributed by atoms with Gasteiger partial charge in [0.05, 0.1) is 11.0 Å². The quantitative estimate of drug-likeness (QED) is 0.764. The van der Waals surface area contributed by atoms with E-state index >= 15 is 0 Å². The smallest absolute Gasteiger partial charge is 0.126 e. The molecule has 0 unspecified atom stereocenters. The Morgan fingerprint density at radius 2 is 2.10 bits per heavy atom. The number of aromatic amines is 1. The summed E-state index contributed by atoms with van der Waals surface area (Å²) < 4.78 is 1.03. The first-order valence-electron chi connectivity index (χ1n) is 6.43. The number of fused-ring (bicyclic) bond motifs is 1. The number of hydrogen-bond donors (Lipinski definition) is 2. The third kappa shape index (κ3) is 2.67. The third-order valence-electron chi connectivity index (χ3n) is 3.19. The maximum absolute atomic E-state index is 4.40. The molecule has 0 saturated heterocycles. The zero-order valence-corrected chi connectivity index (χ0v) is 13.0. The van der Waals surface area contributed by atoms with Crippen LogP contribution in [0.1, 0.15) is 17.0 Å². The molecule has 0 amide bonds. The maximum atomic E-state index is 4.40. The Labute approximate surface area is 125 Å². The highest BCUT2D eigenvalue weighted by molar-refractivity contribution is 9.10. The highest BCUT2D eigenvalue weighted by atomic mass is 79.9. The zero-order valence-electron chi connectivity index (χ0n) is 11.4. The molecule has 0 spiro atoms. The highest BCUT2D eigenvalue weighted by Crippen LogP contribution is 2.18. The lowest BCUT2D eigenvalue weighted by molar-refractivity contribution is 1.10. The Morgan fingerprint density at radius 1 is 1.25 bits per heavy atom. The Bertz CT molecular complexity index is 764. The van der Waals surface area contributed by atoms with E-state index in [1.165, 1.54) is 11.1 Å². The van der Waals surface area contributed by atoms with Crippen molar-refractivity contribution in [1.82, 2.24) is 15.0 Å². The van der Waals surface area contributed by atoms with Crippen molar-refractivity contribution < 1.29 is 0 Å². The second kappa shape index (κ2) is 5.25. The minimum absolute atomic E-state index is 0.738. The van der Waals surface area contributed by atoms with Gasteiger partial charge in [0.15, 0.2) is 0 Å². The van der Waals surface area contributed by atoms with Gasteiger partial charge in [0, 0.05) is 17.2 Å². The summed E-state index contributed by atoms with van der Waals surface area (Å²) in [6.45, 7) is 4.75. The van der Waals surface area contributed by atoms with Crippen LogP contribution < -0.4 is 5.32 Å². The Hall–Kier alpha value is -1.88. The van der Waals surface area contributed by atoms with Crippen molar-refractivity contribution in [3.8, 4) is 0 Å². The second-order valence-corrected chi connectivity index (χ2v) is 5.70. The lowest BCUT2D eigenvalue weighted by atomic mass is 10.2. The predicted octanol–water partition coefficient (Wildman–Crippen LogP) is 3.95. The van der Waals surface area contributed by atoms with Gasteiger partial charge < -0.3 is 10.3 Å². The lowest BCUT2D eigenvalue weighted by Gasteiger charge is -2.07. The molecule has 2 heterocycles. The average Bonchev–Trinajstić information content (AvgIpc) is 2.79. The van der Waals surface area contributed by atoms with Gasteiger partial charge in [0.1, 0.15) is 11.6 Å². The molecule has 0 radical (unpaired) electrons. The van der Waals surface area contributed by atoms with E-state index in [-0.39, 0.29) is 0 Å². The van der Waals surface area contributed by atoms with Gasteiger partial charge in [-0.3, -0.25) is 0 Å². The predicted molar refractivity (Wildman–Crippen MR) is 84.8 cm³/mol. The fourth-order valence-corrected chi connectivity index (χ4v) is 2.34. The van der Waals surface area contributed by atoms with E-state index in [2.05, 4.69) is 55.3 Å². The molecule has 102 valence electrons. The summed E-state index contributed by atoms with van der Waals surface area (Å²) in [5, 5.41) is 3.33. The molecule has 5 heteroatoms. The van der Waals surface area contributed by atoms with Crippen LogP contribution in [0.4, 0.5) is 5.82 Å². The summed E-state index contributed by atoms with van der Waals surface area (Å²) in [7, 11) is 0. The van der Waals surface area contributed by atoms with Gasteiger partial charge in [0.25, 0.3) is 0 Å². The normalized spacial score (nSPS) is 10.9. The first-order valence-corrected chi connectivity index (χ1v) is 7.22. The summed E-state index contributed by atoms with van der Waals surface area (Å²) in [6.07, 6.45) is 1.82. The molecule has 20 heavy (non-hydrogen) atoms. The molecule has 1 aromatic carbocycles. The topological polar surface area (TPSA) is 53.6 Å². The molecule has 3 aromatic rings. The average molecular weight is 331 g/mol. The van der Waals surface area contributed by atoms with Crippen molar-refractivity contribution in [1.29, 1.82) is 0 Å². The van der Waals surface area contributed by atoms with E-state index in [0.29, 0.717) is 0 Å². The molecule has 0 aliphatic carbocycles. The number of rotatable bonds is 3. The minimum Gasteiger partial charge on any atom is -0.366 e. The van der Waals surface area contributed by atoms with E-state index in [0.717, 1.165) is 33.7 Å². The second-order valence-electron chi connectivity index (χ2n) is 4.85. The number of anilines is 1. The number of nitrogens with one attached hydrogen (secondary N) is 2. The fraction of sp³-hybridized carbons (Fsp3) is 0.200. The van der Waals surface area contributed by atoms with Crippen molar-refractivity contribution >= 4 is 32.8 Å². The number of aryl methyl sites for hydroxylation is 2. The van der Waals surface area contributed by atoms with Gasteiger partial charge in [-0.25, -0.2) is 9.97 Å². The standard InChI is InChI=1S/C15H15BrN4/c1-9-5-15(18-8-12(9)16)17-7-11-3-4-13-14(6-11)20-10(2)19-13/h3-6,8H,7H2,1-2H3,(H,17,18)(H,19,20). The number of hydrogen-bond acceptors (Lipinski definition) is 3. The van der Waals surface area contributed by atoms with Crippen LogP contribution in [-0.4, -0.2) is 15.0 Å². The van der Waals surface area contributed by atoms with Crippen LogP contribution in [0.25, 0.3) is 11.0 Å². The number of imidazole rings is 1. The van der Waals surface area contributed by atoms with E-state index in [1.54, 1.807) is 0 Å². The van der Waals surface area contributed by atoms with Crippen LogP contribution in [0.5, 0.6) is 0 Å². The van der Waals surface area contributed by atoms with Crippen LogP contribution in [-0.2, 0) is 6.54 Å². The van der Waals surface area contributed by atoms with Gasteiger partial charge in [0.2, 0.25) is 0 Å². The number of benzene rings is 1. The molecule has 0 aliphatic heterocycles. The van der Waals surface area contributed by atoms with Gasteiger partial charge in [-0.05, 0) is 59.1 Å². The summed E-state index contributed by atoms with van der Waals surface area (Å²) in [4.78, 5) is 12.0. The summed E-state index contributed by atoms with van der Waals surface area (Å²) >= 11 is 3.45. The molecule has 0 aliphatic rings. The molecule has 0 saturated carbocycles. The van der Waals surface area contributed by atoms with Crippen LogP contribution >= 0.6 is 15.9 Å². The number of H-pyrrole nitrogens is 1. The molecule has 0 bridgehead atoms. The number of aromatic nitrogens is 3.